The molecule has 0 spiro atoms. The fraction of sp³-hybridized carbons (Fsp3) is 0.533. The molecular weight excluding hydrogens is 304 g/mol. The maximum atomic E-state index is 12.1. The van der Waals surface area contributed by atoms with Crippen LogP contribution in [-0.4, -0.2) is 33.7 Å². The van der Waals surface area contributed by atoms with Crippen LogP contribution < -0.4 is 14.8 Å². The van der Waals surface area contributed by atoms with Crippen LogP contribution in [0.2, 0.25) is 0 Å². The van der Waals surface area contributed by atoms with E-state index in [-0.39, 0.29) is 11.7 Å². The normalized spacial score (nSPS) is 12.8. The van der Waals surface area contributed by atoms with E-state index in [1.807, 2.05) is 13.8 Å². The van der Waals surface area contributed by atoms with E-state index in [2.05, 4.69) is 10.0 Å². The van der Waals surface area contributed by atoms with E-state index in [0.29, 0.717) is 23.9 Å². The number of ether oxygens (including phenoxy) is 1. The van der Waals surface area contributed by atoms with E-state index in [0.717, 1.165) is 0 Å². The lowest BCUT2D eigenvalue weighted by Crippen LogP contribution is -2.36. The van der Waals surface area contributed by atoms with Crippen molar-refractivity contribution < 1.29 is 17.9 Å². The van der Waals surface area contributed by atoms with Crippen LogP contribution in [0.1, 0.15) is 20.8 Å². The second-order valence-electron chi connectivity index (χ2n) is 5.66. The summed E-state index contributed by atoms with van der Waals surface area (Å²) in [6, 6.07) is 6.62. The highest BCUT2D eigenvalue weighted by Crippen LogP contribution is 2.18. The van der Waals surface area contributed by atoms with Crippen molar-refractivity contribution in [2.45, 2.75) is 20.8 Å². The van der Waals surface area contributed by atoms with Gasteiger partial charge in [0, 0.05) is 12.6 Å². The summed E-state index contributed by atoms with van der Waals surface area (Å²) in [5.74, 6) is -0.272. The van der Waals surface area contributed by atoms with Crippen LogP contribution in [-0.2, 0) is 14.8 Å². The van der Waals surface area contributed by atoms with E-state index in [9.17, 15) is 13.2 Å². The monoisotopic (exact) mass is 328 g/mol. The molecule has 22 heavy (non-hydrogen) atoms. The molecule has 1 atom stereocenters. The molecule has 0 heterocycles. The van der Waals surface area contributed by atoms with Crippen molar-refractivity contribution in [1.29, 1.82) is 0 Å². The van der Waals surface area contributed by atoms with E-state index in [1.54, 1.807) is 31.2 Å². The summed E-state index contributed by atoms with van der Waals surface area (Å²) >= 11 is 0. The van der Waals surface area contributed by atoms with E-state index in [4.69, 9.17) is 4.74 Å². The Kier molecular flexibility index (Phi) is 6.67. The maximum absolute atomic E-state index is 12.1. The Labute approximate surface area is 132 Å². The summed E-state index contributed by atoms with van der Waals surface area (Å²) in [6.07, 6.45) is 0. The van der Waals surface area contributed by atoms with Gasteiger partial charge in [-0.05, 0) is 18.1 Å². The fourth-order valence-electron chi connectivity index (χ4n) is 1.79. The minimum absolute atomic E-state index is 0.260. The third-order valence-corrected chi connectivity index (χ3v) is 4.43. The first-order valence-electron chi connectivity index (χ1n) is 7.15. The van der Waals surface area contributed by atoms with Crippen LogP contribution >= 0.6 is 0 Å². The molecule has 2 N–H and O–H groups in total. The number of nitrogens with one attached hydrogen (secondary N) is 2. The molecule has 0 bridgehead atoms. The number of anilines is 1. The molecule has 0 saturated heterocycles. The Morgan fingerprint density at radius 2 is 1.95 bits per heavy atom. The summed E-state index contributed by atoms with van der Waals surface area (Å²) in [4.78, 5) is 11.9. The zero-order valence-corrected chi connectivity index (χ0v) is 14.2. The smallest absolute Gasteiger partial charge is 0.233 e. The molecular formula is C15H24N2O4S. The van der Waals surface area contributed by atoms with E-state index >= 15 is 0 Å². The van der Waals surface area contributed by atoms with Gasteiger partial charge >= 0.3 is 0 Å². The second kappa shape index (κ2) is 8.03. The van der Waals surface area contributed by atoms with Gasteiger partial charge < -0.3 is 10.1 Å². The molecule has 0 fully saturated rings. The zero-order valence-electron chi connectivity index (χ0n) is 13.4. The van der Waals surface area contributed by atoms with Gasteiger partial charge in [-0.15, -0.1) is 0 Å². The van der Waals surface area contributed by atoms with Gasteiger partial charge in [0.2, 0.25) is 15.9 Å². The number of sulfonamides is 1. The Bertz CT molecular complexity index is 599. The van der Waals surface area contributed by atoms with Gasteiger partial charge in [-0.3, -0.25) is 9.52 Å². The molecule has 124 valence electrons. The first-order valence-corrected chi connectivity index (χ1v) is 8.81. The van der Waals surface area contributed by atoms with Crippen LogP contribution in [0.3, 0.4) is 0 Å². The molecule has 0 radical (unpaired) electrons. The minimum atomic E-state index is -3.61. The number of carbonyl (C=O) groups is 1. The van der Waals surface area contributed by atoms with Crippen molar-refractivity contribution in [2.24, 2.45) is 11.8 Å². The summed E-state index contributed by atoms with van der Waals surface area (Å²) in [5.41, 5.74) is 0.411. The molecule has 1 aromatic carbocycles. The lowest BCUT2D eigenvalue weighted by Gasteiger charge is -2.15. The molecule has 0 saturated carbocycles. The first-order chi connectivity index (χ1) is 10.2. The van der Waals surface area contributed by atoms with Crippen molar-refractivity contribution in [1.82, 2.24) is 5.32 Å². The Balaban J connectivity index is 2.64. The summed E-state index contributed by atoms with van der Waals surface area (Å²) < 4.78 is 31.7. The molecule has 1 unspecified atom stereocenters. The summed E-state index contributed by atoms with van der Waals surface area (Å²) in [7, 11) is -2.10. The highest BCUT2D eigenvalue weighted by Gasteiger charge is 2.21. The van der Waals surface area contributed by atoms with Gasteiger partial charge in [-0.25, -0.2) is 8.42 Å². The number of carbonyl (C=O) groups excluding carboxylic acids is 1. The van der Waals surface area contributed by atoms with Crippen molar-refractivity contribution in [3.05, 3.63) is 24.3 Å². The SMILES string of the molecule is COc1cccc(NS(=O)(=O)CC(C)C(=O)NCC(C)C)c1. The predicted octanol–water partition coefficient (Wildman–Crippen LogP) is 1.85. The topological polar surface area (TPSA) is 84.5 Å². The van der Waals surface area contributed by atoms with Crippen molar-refractivity contribution >= 4 is 21.6 Å². The minimum Gasteiger partial charge on any atom is -0.497 e. The average molecular weight is 328 g/mol. The summed E-state index contributed by atoms with van der Waals surface area (Å²) in [5, 5.41) is 2.74. The number of methoxy groups -OCH3 is 1. The number of rotatable bonds is 8. The number of amides is 1. The van der Waals surface area contributed by atoms with Crippen LogP contribution in [0.5, 0.6) is 5.75 Å². The number of hydrogen-bond donors (Lipinski definition) is 2. The van der Waals surface area contributed by atoms with Crippen LogP contribution in [0.25, 0.3) is 0 Å². The number of benzene rings is 1. The van der Waals surface area contributed by atoms with Gasteiger partial charge in [0.15, 0.2) is 0 Å². The molecule has 1 aromatic rings. The van der Waals surface area contributed by atoms with Gasteiger partial charge in [0.25, 0.3) is 0 Å². The van der Waals surface area contributed by atoms with Gasteiger partial charge in [0.1, 0.15) is 5.75 Å². The second-order valence-corrected chi connectivity index (χ2v) is 7.42. The number of hydrogen-bond acceptors (Lipinski definition) is 4. The molecule has 0 aliphatic carbocycles. The quantitative estimate of drug-likeness (QED) is 0.763. The maximum Gasteiger partial charge on any atom is 0.233 e. The van der Waals surface area contributed by atoms with Crippen molar-refractivity contribution in [3.63, 3.8) is 0 Å². The lowest BCUT2D eigenvalue weighted by molar-refractivity contribution is -0.124. The molecule has 6 nitrogen and oxygen atoms in total. The Morgan fingerprint density at radius 3 is 2.55 bits per heavy atom. The highest BCUT2D eigenvalue weighted by molar-refractivity contribution is 7.92. The summed E-state index contributed by atoms with van der Waals surface area (Å²) in [6.45, 7) is 6.09. The average Bonchev–Trinajstić information content (AvgIpc) is 2.43. The zero-order chi connectivity index (χ0) is 16.8. The molecule has 1 rings (SSSR count). The highest BCUT2D eigenvalue weighted by atomic mass is 32.2. The standard InChI is InChI=1S/C15H24N2O4S/c1-11(2)9-16-15(18)12(3)10-22(19,20)17-13-6-5-7-14(8-13)21-4/h5-8,11-12,17H,9-10H2,1-4H3,(H,16,18). The van der Waals surface area contributed by atoms with Crippen molar-refractivity contribution in [3.8, 4) is 5.75 Å². The van der Waals surface area contributed by atoms with Crippen LogP contribution in [0, 0.1) is 11.8 Å². The van der Waals surface area contributed by atoms with Gasteiger partial charge in [-0.1, -0.05) is 26.8 Å². The predicted molar refractivity (Wildman–Crippen MR) is 87.4 cm³/mol. The molecule has 0 aliphatic heterocycles. The van der Waals surface area contributed by atoms with E-state index < -0.39 is 15.9 Å². The third-order valence-electron chi connectivity index (χ3n) is 2.94. The fourth-order valence-corrected chi connectivity index (χ4v) is 3.17. The largest absolute Gasteiger partial charge is 0.497 e. The lowest BCUT2D eigenvalue weighted by atomic mass is 10.2. The van der Waals surface area contributed by atoms with Gasteiger partial charge in [-0.2, -0.15) is 0 Å². The molecule has 1 amide bonds. The molecule has 0 aliphatic rings. The van der Waals surface area contributed by atoms with Crippen molar-refractivity contribution in [2.75, 3.05) is 24.1 Å². The Hall–Kier alpha value is -1.76. The molecule has 0 aromatic heterocycles. The Morgan fingerprint density at radius 1 is 1.27 bits per heavy atom. The van der Waals surface area contributed by atoms with Crippen LogP contribution in [0.4, 0.5) is 5.69 Å². The van der Waals surface area contributed by atoms with Gasteiger partial charge in [0.05, 0.1) is 24.5 Å². The van der Waals surface area contributed by atoms with Crippen LogP contribution in [0.15, 0.2) is 24.3 Å². The molecule has 7 heteroatoms. The third kappa shape index (κ3) is 6.34. The first kappa shape index (κ1) is 18.3. The van der Waals surface area contributed by atoms with E-state index in [1.165, 1.54) is 7.11 Å².